The summed E-state index contributed by atoms with van der Waals surface area (Å²) in [5, 5.41) is 7.35. The van der Waals surface area contributed by atoms with E-state index in [1.807, 2.05) is 53.3 Å². The number of ether oxygens (including phenoxy) is 1. The van der Waals surface area contributed by atoms with Gasteiger partial charge in [0.1, 0.15) is 11.9 Å². The lowest BCUT2D eigenvalue weighted by Crippen LogP contribution is -2.37. The SMILES string of the molecule is CCn1ncc(CN2CCC(Oc3ccc(C(=O)NCc4ccccn4)cc3)CC2)c1C. The Hall–Kier alpha value is -3.19. The van der Waals surface area contributed by atoms with E-state index in [1.54, 1.807) is 6.20 Å². The molecule has 0 aliphatic carbocycles. The Labute approximate surface area is 189 Å². The number of aryl methyl sites for hydroxylation is 1. The van der Waals surface area contributed by atoms with Crippen molar-refractivity contribution in [2.24, 2.45) is 0 Å². The zero-order chi connectivity index (χ0) is 22.3. The van der Waals surface area contributed by atoms with Crippen molar-refractivity contribution in [2.75, 3.05) is 13.1 Å². The van der Waals surface area contributed by atoms with Gasteiger partial charge in [-0.15, -0.1) is 0 Å². The maximum absolute atomic E-state index is 12.4. The molecule has 7 heteroatoms. The second-order valence-corrected chi connectivity index (χ2v) is 8.19. The fraction of sp³-hybridized carbons (Fsp3) is 0.400. The lowest BCUT2D eigenvalue weighted by atomic mass is 10.1. The number of piperidine rings is 1. The van der Waals surface area contributed by atoms with Crippen LogP contribution in [0.4, 0.5) is 0 Å². The highest BCUT2D eigenvalue weighted by Crippen LogP contribution is 2.21. The summed E-state index contributed by atoms with van der Waals surface area (Å²) in [6.45, 7) is 8.55. The molecule has 1 aliphatic heterocycles. The fourth-order valence-electron chi connectivity index (χ4n) is 4.04. The average molecular weight is 434 g/mol. The first-order chi connectivity index (χ1) is 15.6. The van der Waals surface area contributed by atoms with Crippen molar-refractivity contribution in [1.29, 1.82) is 0 Å². The standard InChI is InChI=1S/C25H31N5O2/c1-3-30-19(2)21(16-28-30)18-29-14-11-24(12-15-29)32-23-9-7-20(8-10-23)25(31)27-17-22-6-4-5-13-26-22/h4-10,13,16,24H,3,11-12,14-15,17-18H2,1-2H3,(H,27,31). The summed E-state index contributed by atoms with van der Waals surface area (Å²) in [6.07, 6.45) is 5.91. The topological polar surface area (TPSA) is 72.3 Å². The number of hydrogen-bond donors (Lipinski definition) is 1. The molecule has 32 heavy (non-hydrogen) atoms. The number of amides is 1. The molecule has 0 atom stereocenters. The van der Waals surface area contributed by atoms with Gasteiger partial charge in [-0.3, -0.25) is 19.4 Å². The molecule has 1 fully saturated rings. The normalized spacial score (nSPS) is 14.9. The Bertz CT molecular complexity index is 1010. The number of nitrogens with one attached hydrogen (secondary N) is 1. The van der Waals surface area contributed by atoms with Crippen molar-refractivity contribution in [3.63, 3.8) is 0 Å². The van der Waals surface area contributed by atoms with Gasteiger partial charge in [-0.1, -0.05) is 6.07 Å². The molecule has 1 saturated heterocycles. The van der Waals surface area contributed by atoms with Crippen molar-refractivity contribution >= 4 is 5.91 Å². The summed E-state index contributed by atoms with van der Waals surface area (Å²) in [5.74, 6) is 0.696. The predicted molar refractivity (Wildman–Crippen MR) is 123 cm³/mol. The molecule has 0 bridgehead atoms. The predicted octanol–water partition coefficient (Wildman–Crippen LogP) is 3.58. The Kier molecular flexibility index (Phi) is 7.17. The number of rotatable bonds is 8. The quantitative estimate of drug-likeness (QED) is 0.588. The third-order valence-corrected chi connectivity index (χ3v) is 6.01. The highest BCUT2D eigenvalue weighted by molar-refractivity contribution is 5.94. The molecule has 7 nitrogen and oxygen atoms in total. The van der Waals surface area contributed by atoms with Crippen molar-refractivity contribution in [1.82, 2.24) is 25.0 Å². The minimum absolute atomic E-state index is 0.114. The summed E-state index contributed by atoms with van der Waals surface area (Å²) in [6, 6.07) is 13.0. The third kappa shape index (κ3) is 5.53. The van der Waals surface area contributed by atoms with Crippen LogP contribution < -0.4 is 10.1 Å². The molecule has 3 heterocycles. The molecule has 168 valence electrons. The van der Waals surface area contributed by atoms with Crippen molar-refractivity contribution in [3.8, 4) is 5.75 Å². The molecule has 4 rings (SSSR count). The van der Waals surface area contributed by atoms with Crippen LogP contribution in [-0.4, -0.2) is 44.8 Å². The highest BCUT2D eigenvalue weighted by Gasteiger charge is 2.22. The lowest BCUT2D eigenvalue weighted by Gasteiger charge is -2.32. The van der Waals surface area contributed by atoms with Gasteiger partial charge in [0, 0.05) is 49.2 Å². The molecule has 2 aromatic heterocycles. The first-order valence-electron chi connectivity index (χ1n) is 11.3. The van der Waals surface area contributed by atoms with E-state index in [1.165, 1.54) is 11.3 Å². The van der Waals surface area contributed by atoms with E-state index in [4.69, 9.17) is 4.74 Å². The van der Waals surface area contributed by atoms with Crippen LogP contribution in [0.1, 0.15) is 47.1 Å². The van der Waals surface area contributed by atoms with Crippen LogP contribution in [0, 0.1) is 6.92 Å². The van der Waals surface area contributed by atoms with E-state index >= 15 is 0 Å². The van der Waals surface area contributed by atoms with Crippen LogP contribution >= 0.6 is 0 Å². The van der Waals surface area contributed by atoms with Gasteiger partial charge >= 0.3 is 0 Å². The smallest absolute Gasteiger partial charge is 0.251 e. The Morgan fingerprint density at radius 1 is 1.16 bits per heavy atom. The zero-order valence-electron chi connectivity index (χ0n) is 18.8. The van der Waals surface area contributed by atoms with E-state index in [0.717, 1.165) is 50.5 Å². The maximum atomic E-state index is 12.4. The number of aromatic nitrogens is 3. The van der Waals surface area contributed by atoms with Gasteiger partial charge in [0.05, 0.1) is 18.4 Å². The molecule has 1 amide bonds. The van der Waals surface area contributed by atoms with Crippen molar-refractivity contribution < 1.29 is 9.53 Å². The second kappa shape index (κ2) is 10.4. The number of hydrogen-bond acceptors (Lipinski definition) is 5. The van der Waals surface area contributed by atoms with E-state index in [2.05, 4.69) is 34.1 Å². The number of nitrogens with zero attached hydrogens (tertiary/aromatic N) is 4. The summed E-state index contributed by atoms with van der Waals surface area (Å²) in [5.41, 5.74) is 4.02. The molecule has 1 aromatic carbocycles. The van der Waals surface area contributed by atoms with Crippen LogP contribution in [0.25, 0.3) is 0 Å². The molecule has 3 aromatic rings. The number of carbonyl (C=O) groups excluding carboxylic acids is 1. The second-order valence-electron chi connectivity index (χ2n) is 8.19. The van der Waals surface area contributed by atoms with Crippen LogP contribution in [0.3, 0.4) is 0 Å². The molecule has 0 spiro atoms. The third-order valence-electron chi connectivity index (χ3n) is 6.01. The molecular formula is C25H31N5O2. The Morgan fingerprint density at radius 3 is 2.59 bits per heavy atom. The van der Waals surface area contributed by atoms with Crippen molar-refractivity contribution in [2.45, 2.75) is 52.4 Å². The van der Waals surface area contributed by atoms with Gasteiger partial charge in [0.15, 0.2) is 0 Å². The summed E-state index contributed by atoms with van der Waals surface area (Å²) >= 11 is 0. The van der Waals surface area contributed by atoms with E-state index < -0.39 is 0 Å². The van der Waals surface area contributed by atoms with Gasteiger partial charge in [-0.2, -0.15) is 5.10 Å². The molecule has 0 saturated carbocycles. The summed E-state index contributed by atoms with van der Waals surface area (Å²) in [4.78, 5) is 19.0. The molecular weight excluding hydrogens is 402 g/mol. The summed E-state index contributed by atoms with van der Waals surface area (Å²) < 4.78 is 8.23. The number of carbonyl (C=O) groups is 1. The monoisotopic (exact) mass is 433 g/mol. The van der Waals surface area contributed by atoms with Crippen LogP contribution in [0.15, 0.2) is 54.9 Å². The minimum atomic E-state index is -0.114. The maximum Gasteiger partial charge on any atom is 0.251 e. The van der Waals surface area contributed by atoms with E-state index in [9.17, 15) is 4.79 Å². The fourth-order valence-corrected chi connectivity index (χ4v) is 4.04. The van der Waals surface area contributed by atoms with E-state index in [0.29, 0.717) is 12.1 Å². The molecule has 1 N–H and O–H groups in total. The van der Waals surface area contributed by atoms with Gasteiger partial charge in [0.2, 0.25) is 0 Å². The van der Waals surface area contributed by atoms with Gasteiger partial charge in [-0.25, -0.2) is 0 Å². The van der Waals surface area contributed by atoms with Crippen molar-refractivity contribution in [3.05, 3.63) is 77.4 Å². The molecule has 1 aliphatic rings. The number of pyridine rings is 1. The van der Waals surface area contributed by atoms with Gasteiger partial charge in [-0.05, 0) is 63.1 Å². The first-order valence-corrected chi connectivity index (χ1v) is 11.3. The van der Waals surface area contributed by atoms with Gasteiger partial charge < -0.3 is 10.1 Å². The first kappa shape index (κ1) is 22.0. The van der Waals surface area contributed by atoms with Crippen LogP contribution in [0.2, 0.25) is 0 Å². The molecule has 0 radical (unpaired) electrons. The molecule has 0 unspecified atom stereocenters. The summed E-state index contributed by atoms with van der Waals surface area (Å²) in [7, 11) is 0. The lowest BCUT2D eigenvalue weighted by molar-refractivity contribution is 0.0947. The average Bonchev–Trinajstić information content (AvgIpc) is 3.19. The highest BCUT2D eigenvalue weighted by atomic mass is 16.5. The van der Waals surface area contributed by atoms with Crippen LogP contribution in [0.5, 0.6) is 5.75 Å². The Morgan fingerprint density at radius 2 is 1.94 bits per heavy atom. The zero-order valence-corrected chi connectivity index (χ0v) is 18.8. The van der Waals surface area contributed by atoms with E-state index in [-0.39, 0.29) is 12.0 Å². The number of benzene rings is 1. The Balaban J connectivity index is 1.23. The minimum Gasteiger partial charge on any atom is -0.490 e. The van der Waals surface area contributed by atoms with Crippen LogP contribution in [-0.2, 0) is 19.6 Å². The van der Waals surface area contributed by atoms with Gasteiger partial charge in [0.25, 0.3) is 5.91 Å². The number of likely N-dealkylation sites (tertiary alicyclic amines) is 1. The largest absolute Gasteiger partial charge is 0.490 e.